The van der Waals surface area contributed by atoms with Crippen molar-refractivity contribution in [3.63, 3.8) is 0 Å². The van der Waals surface area contributed by atoms with Crippen molar-refractivity contribution in [1.29, 1.82) is 0 Å². The second-order valence-electron chi connectivity index (χ2n) is 6.63. The lowest BCUT2D eigenvalue weighted by Crippen LogP contribution is -2.16. The third-order valence-electron chi connectivity index (χ3n) is 2.60. The van der Waals surface area contributed by atoms with Crippen molar-refractivity contribution in [1.82, 2.24) is 0 Å². The minimum Gasteiger partial charge on any atom is -0.381 e. The van der Waals surface area contributed by atoms with Gasteiger partial charge in [-0.3, -0.25) is 0 Å². The summed E-state index contributed by atoms with van der Waals surface area (Å²) in [5.74, 6) is 0. The summed E-state index contributed by atoms with van der Waals surface area (Å²) in [6.07, 6.45) is 5.09. The molecular formula is C14H30O. The zero-order valence-electron chi connectivity index (χ0n) is 11.7. The standard InChI is InChI=1S/C14H30O/c1-7-9-14(5,6)10-8-11-15-12-13(2,3)4/h7-12H2,1-6H3. The minimum absolute atomic E-state index is 0.305. The molecule has 0 radical (unpaired) electrons. The van der Waals surface area contributed by atoms with Gasteiger partial charge < -0.3 is 4.74 Å². The van der Waals surface area contributed by atoms with E-state index in [-0.39, 0.29) is 0 Å². The van der Waals surface area contributed by atoms with Crippen molar-refractivity contribution in [2.75, 3.05) is 13.2 Å². The zero-order valence-corrected chi connectivity index (χ0v) is 11.7. The Balaban J connectivity index is 3.46. The van der Waals surface area contributed by atoms with Crippen molar-refractivity contribution in [3.8, 4) is 0 Å². The Labute approximate surface area is 96.6 Å². The summed E-state index contributed by atoms with van der Waals surface area (Å²) < 4.78 is 5.67. The summed E-state index contributed by atoms with van der Waals surface area (Å²) in [5, 5.41) is 0. The smallest absolute Gasteiger partial charge is 0.0514 e. The number of rotatable bonds is 7. The van der Waals surface area contributed by atoms with Gasteiger partial charge >= 0.3 is 0 Å². The fourth-order valence-electron chi connectivity index (χ4n) is 1.83. The van der Waals surface area contributed by atoms with E-state index in [1.807, 2.05) is 0 Å². The maximum absolute atomic E-state index is 5.67. The van der Waals surface area contributed by atoms with Crippen LogP contribution in [0.3, 0.4) is 0 Å². The maximum Gasteiger partial charge on any atom is 0.0514 e. The van der Waals surface area contributed by atoms with Crippen molar-refractivity contribution < 1.29 is 4.74 Å². The Hall–Kier alpha value is -0.0400. The van der Waals surface area contributed by atoms with Gasteiger partial charge in [0.15, 0.2) is 0 Å². The Bertz CT molecular complexity index is 153. The molecule has 0 unspecified atom stereocenters. The molecule has 92 valence electrons. The summed E-state index contributed by atoms with van der Waals surface area (Å²) >= 11 is 0. The van der Waals surface area contributed by atoms with E-state index in [0.29, 0.717) is 10.8 Å². The van der Waals surface area contributed by atoms with Crippen LogP contribution in [0.2, 0.25) is 0 Å². The van der Waals surface area contributed by atoms with Gasteiger partial charge in [0.25, 0.3) is 0 Å². The quantitative estimate of drug-likeness (QED) is 0.560. The number of ether oxygens (including phenoxy) is 1. The molecule has 0 aliphatic rings. The molecular weight excluding hydrogens is 184 g/mol. The van der Waals surface area contributed by atoms with Crippen LogP contribution in [0.5, 0.6) is 0 Å². The highest BCUT2D eigenvalue weighted by molar-refractivity contribution is 4.67. The van der Waals surface area contributed by atoms with Crippen LogP contribution in [0, 0.1) is 10.8 Å². The number of hydrogen-bond acceptors (Lipinski definition) is 1. The molecule has 1 nitrogen and oxygen atoms in total. The first-order valence-corrected chi connectivity index (χ1v) is 6.35. The van der Waals surface area contributed by atoms with Gasteiger partial charge in [-0.1, -0.05) is 48.0 Å². The summed E-state index contributed by atoms with van der Waals surface area (Å²) in [4.78, 5) is 0. The van der Waals surface area contributed by atoms with Crippen molar-refractivity contribution in [2.45, 2.75) is 67.2 Å². The molecule has 0 fully saturated rings. The van der Waals surface area contributed by atoms with Crippen LogP contribution in [0.25, 0.3) is 0 Å². The van der Waals surface area contributed by atoms with Gasteiger partial charge in [-0.25, -0.2) is 0 Å². The second kappa shape index (κ2) is 6.52. The first kappa shape index (κ1) is 15.0. The van der Waals surface area contributed by atoms with Crippen LogP contribution in [-0.2, 0) is 4.74 Å². The van der Waals surface area contributed by atoms with Gasteiger partial charge in [-0.2, -0.15) is 0 Å². The topological polar surface area (TPSA) is 9.23 Å². The molecule has 0 atom stereocenters. The van der Waals surface area contributed by atoms with E-state index in [4.69, 9.17) is 4.74 Å². The summed E-state index contributed by atoms with van der Waals surface area (Å²) in [5.41, 5.74) is 0.804. The first-order valence-electron chi connectivity index (χ1n) is 6.35. The molecule has 0 aliphatic carbocycles. The molecule has 0 aromatic carbocycles. The Morgan fingerprint density at radius 1 is 0.933 bits per heavy atom. The van der Waals surface area contributed by atoms with E-state index in [1.54, 1.807) is 0 Å². The van der Waals surface area contributed by atoms with Crippen molar-refractivity contribution >= 4 is 0 Å². The largest absolute Gasteiger partial charge is 0.381 e. The molecule has 0 saturated carbocycles. The van der Waals surface area contributed by atoms with Gasteiger partial charge in [0.05, 0.1) is 6.61 Å². The first-order chi connectivity index (χ1) is 6.77. The highest BCUT2D eigenvalue weighted by atomic mass is 16.5. The average Bonchev–Trinajstić information content (AvgIpc) is 2.00. The lowest BCUT2D eigenvalue weighted by molar-refractivity contribution is 0.0635. The predicted molar refractivity (Wildman–Crippen MR) is 68.2 cm³/mol. The molecule has 0 aromatic rings. The van der Waals surface area contributed by atoms with Gasteiger partial charge in [0.1, 0.15) is 0 Å². The van der Waals surface area contributed by atoms with E-state index in [1.165, 1.54) is 25.7 Å². The molecule has 15 heavy (non-hydrogen) atoms. The molecule has 1 heteroatoms. The van der Waals surface area contributed by atoms with E-state index < -0.39 is 0 Å². The van der Waals surface area contributed by atoms with Crippen LogP contribution in [0.15, 0.2) is 0 Å². The Morgan fingerprint density at radius 3 is 2.00 bits per heavy atom. The Kier molecular flexibility index (Phi) is 6.51. The third kappa shape index (κ3) is 10.2. The van der Waals surface area contributed by atoms with Crippen LogP contribution in [0.1, 0.15) is 67.2 Å². The van der Waals surface area contributed by atoms with Crippen LogP contribution in [-0.4, -0.2) is 13.2 Å². The fourth-order valence-corrected chi connectivity index (χ4v) is 1.83. The Morgan fingerprint density at radius 2 is 1.53 bits per heavy atom. The molecule has 0 amide bonds. The van der Waals surface area contributed by atoms with Crippen molar-refractivity contribution in [3.05, 3.63) is 0 Å². The normalized spacial score (nSPS) is 13.2. The second-order valence-corrected chi connectivity index (χ2v) is 6.63. The molecule has 0 N–H and O–H groups in total. The van der Waals surface area contributed by atoms with E-state index in [2.05, 4.69) is 41.5 Å². The highest BCUT2D eigenvalue weighted by Gasteiger charge is 2.16. The molecule has 0 rings (SSSR count). The summed E-state index contributed by atoms with van der Waals surface area (Å²) in [7, 11) is 0. The van der Waals surface area contributed by atoms with Crippen LogP contribution < -0.4 is 0 Å². The monoisotopic (exact) mass is 214 g/mol. The summed E-state index contributed by atoms with van der Waals surface area (Å²) in [6.45, 7) is 15.4. The molecule has 0 spiro atoms. The van der Waals surface area contributed by atoms with Crippen molar-refractivity contribution in [2.24, 2.45) is 10.8 Å². The lowest BCUT2D eigenvalue weighted by atomic mass is 9.83. The average molecular weight is 214 g/mol. The molecule has 0 heterocycles. The predicted octanol–water partition coefficient (Wildman–Crippen LogP) is 4.66. The third-order valence-corrected chi connectivity index (χ3v) is 2.60. The molecule has 0 aromatic heterocycles. The molecule has 0 aliphatic heterocycles. The summed E-state index contributed by atoms with van der Waals surface area (Å²) in [6, 6.07) is 0. The minimum atomic E-state index is 0.305. The number of hydrogen-bond donors (Lipinski definition) is 0. The van der Waals surface area contributed by atoms with Gasteiger partial charge in [-0.05, 0) is 30.1 Å². The van der Waals surface area contributed by atoms with Gasteiger partial charge in [0.2, 0.25) is 0 Å². The zero-order chi connectivity index (χ0) is 11.9. The molecule has 0 saturated heterocycles. The van der Waals surface area contributed by atoms with E-state index >= 15 is 0 Å². The molecule has 0 bridgehead atoms. The maximum atomic E-state index is 5.67. The van der Waals surface area contributed by atoms with Crippen LogP contribution >= 0.6 is 0 Å². The van der Waals surface area contributed by atoms with Crippen LogP contribution in [0.4, 0.5) is 0 Å². The van der Waals surface area contributed by atoms with Gasteiger partial charge in [-0.15, -0.1) is 0 Å². The van der Waals surface area contributed by atoms with E-state index in [0.717, 1.165) is 13.2 Å². The van der Waals surface area contributed by atoms with Gasteiger partial charge in [0, 0.05) is 6.61 Å². The highest BCUT2D eigenvalue weighted by Crippen LogP contribution is 2.28. The van der Waals surface area contributed by atoms with E-state index in [9.17, 15) is 0 Å². The fraction of sp³-hybridized carbons (Fsp3) is 1.00. The SMILES string of the molecule is CCCC(C)(C)CCCOCC(C)(C)C. The lowest BCUT2D eigenvalue weighted by Gasteiger charge is -2.24.